The molecule has 2 aromatic heterocycles. The van der Waals surface area contributed by atoms with E-state index in [4.69, 9.17) is 11.6 Å². The van der Waals surface area contributed by atoms with E-state index in [0.29, 0.717) is 20.9 Å². The van der Waals surface area contributed by atoms with Gasteiger partial charge in [0.05, 0.1) is 22.6 Å². The van der Waals surface area contributed by atoms with E-state index < -0.39 is 6.55 Å². The standard InChI is InChI=1S/C19H14ClF2N3OS/c1-24(18(26)17-16(20)11-6-2-5-9-14(11)27-17)10-15-23-12-7-3-4-8-13(12)25(15)19(21)22/h2-9,19H,10H2,1H3. The van der Waals surface area contributed by atoms with Gasteiger partial charge >= 0.3 is 6.55 Å². The molecular formula is C19H14ClF2N3OS. The molecule has 0 saturated carbocycles. The summed E-state index contributed by atoms with van der Waals surface area (Å²) in [5.74, 6) is -0.201. The summed E-state index contributed by atoms with van der Waals surface area (Å²) < 4.78 is 28.9. The summed E-state index contributed by atoms with van der Waals surface area (Å²) in [5, 5.41) is 1.19. The van der Waals surface area contributed by atoms with Gasteiger partial charge in [0.25, 0.3) is 5.91 Å². The molecule has 8 heteroatoms. The first kappa shape index (κ1) is 17.9. The topological polar surface area (TPSA) is 38.1 Å². The minimum atomic E-state index is -2.75. The van der Waals surface area contributed by atoms with Gasteiger partial charge in [-0.2, -0.15) is 8.78 Å². The zero-order valence-corrected chi connectivity index (χ0v) is 15.8. The van der Waals surface area contributed by atoms with Gasteiger partial charge in [0, 0.05) is 17.1 Å². The maximum absolute atomic E-state index is 13.6. The molecule has 0 atom stereocenters. The first-order valence-electron chi connectivity index (χ1n) is 8.14. The van der Waals surface area contributed by atoms with E-state index in [1.807, 2.05) is 24.3 Å². The van der Waals surface area contributed by atoms with E-state index in [-0.39, 0.29) is 18.3 Å². The van der Waals surface area contributed by atoms with Crippen molar-refractivity contribution in [3.8, 4) is 0 Å². The molecule has 0 fully saturated rings. The number of imidazole rings is 1. The number of para-hydroxylation sites is 2. The molecule has 0 saturated heterocycles. The van der Waals surface area contributed by atoms with Crippen molar-refractivity contribution >= 4 is 50.0 Å². The number of hydrogen-bond donors (Lipinski definition) is 0. The molecule has 0 bridgehead atoms. The van der Waals surface area contributed by atoms with Crippen LogP contribution in [0.1, 0.15) is 22.0 Å². The van der Waals surface area contributed by atoms with Gasteiger partial charge in [-0.15, -0.1) is 11.3 Å². The fraction of sp³-hybridized carbons (Fsp3) is 0.158. The van der Waals surface area contributed by atoms with Crippen LogP contribution >= 0.6 is 22.9 Å². The average molecular weight is 406 g/mol. The summed E-state index contributed by atoms with van der Waals surface area (Å²) in [7, 11) is 1.55. The first-order chi connectivity index (χ1) is 13.0. The van der Waals surface area contributed by atoms with Crippen LogP contribution in [-0.4, -0.2) is 27.4 Å². The Balaban J connectivity index is 1.68. The van der Waals surface area contributed by atoms with Crippen LogP contribution in [0.25, 0.3) is 21.1 Å². The monoisotopic (exact) mass is 405 g/mol. The Hall–Kier alpha value is -2.51. The lowest BCUT2D eigenvalue weighted by Crippen LogP contribution is -2.27. The molecule has 2 heterocycles. The zero-order chi connectivity index (χ0) is 19.1. The number of nitrogens with zero attached hydrogens (tertiary/aromatic N) is 3. The molecule has 0 unspecified atom stereocenters. The summed E-state index contributed by atoms with van der Waals surface area (Å²) in [4.78, 5) is 18.9. The molecule has 2 aromatic carbocycles. The highest BCUT2D eigenvalue weighted by Crippen LogP contribution is 2.36. The average Bonchev–Trinajstić information content (AvgIpc) is 3.19. The molecular weight excluding hydrogens is 392 g/mol. The normalized spacial score (nSPS) is 11.6. The molecule has 0 aliphatic rings. The smallest absolute Gasteiger partial charge is 0.320 e. The molecule has 0 aliphatic carbocycles. The van der Waals surface area contributed by atoms with Crippen molar-refractivity contribution in [2.45, 2.75) is 13.1 Å². The van der Waals surface area contributed by atoms with Crippen LogP contribution in [0, 0.1) is 0 Å². The van der Waals surface area contributed by atoms with Crippen LogP contribution in [0.3, 0.4) is 0 Å². The number of halogens is 3. The largest absolute Gasteiger partial charge is 0.333 e. The summed E-state index contributed by atoms with van der Waals surface area (Å²) in [5.41, 5.74) is 0.803. The molecule has 138 valence electrons. The second-order valence-corrected chi connectivity index (χ2v) is 7.50. The molecule has 4 aromatic rings. The van der Waals surface area contributed by atoms with Crippen molar-refractivity contribution in [3.63, 3.8) is 0 Å². The van der Waals surface area contributed by atoms with E-state index in [1.165, 1.54) is 16.2 Å². The molecule has 1 amide bonds. The van der Waals surface area contributed by atoms with Gasteiger partial charge in [-0.1, -0.05) is 41.9 Å². The summed E-state index contributed by atoms with van der Waals surface area (Å²) >= 11 is 7.66. The summed E-state index contributed by atoms with van der Waals surface area (Å²) in [6.45, 7) is -2.80. The summed E-state index contributed by atoms with van der Waals surface area (Å²) in [6.07, 6.45) is 0. The number of thiophene rings is 1. The number of rotatable bonds is 4. The van der Waals surface area contributed by atoms with Gasteiger partial charge in [0.1, 0.15) is 10.7 Å². The molecule has 4 nitrogen and oxygen atoms in total. The lowest BCUT2D eigenvalue weighted by atomic mass is 10.2. The zero-order valence-electron chi connectivity index (χ0n) is 14.2. The maximum atomic E-state index is 13.6. The Morgan fingerprint density at radius 1 is 1.22 bits per heavy atom. The highest BCUT2D eigenvalue weighted by Gasteiger charge is 2.24. The van der Waals surface area contributed by atoms with Gasteiger partial charge in [-0.25, -0.2) is 4.98 Å². The number of amides is 1. The van der Waals surface area contributed by atoms with Crippen LogP contribution in [0.5, 0.6) is 0 Å². The lowest BCUT2D eigenvalue weighted by Gasteiger charge is -2.17. The summed E-state index contributed by atoms with van der Waals surface area (Å²) in [6, 6.07) is 14.1. The minimum Gasteiger partial charge on any atom is -0.333 e. The number of alkyl halides is 2. The second kappa shape index (κ2) is 6.90. The highest BCUT2D eigenvalue weighted by atomic mass is 35.5. The van der Waals surface area contributed by atoms with E-state index in [1.54, 1.807) is 31.3 Å². The van der Waals surface area contributed by atoms with Gasteiger partial charge in [0.2, 0.25) is 0 Å². The highest BCUT2D eigenvalue weighted by molar-refractivity contribution is 7.21. The van der Waals surface area contributed by atoms with Crippen LogP contribution in [0.15, 0.2) is 48.5 Å². The van der Waals surface area contributed by atoms with E-state index in [0.717, 1.165) is 14.7 Å². The number of fused-ring (bicyclic) bond motifs is 2. The van der Waals surface area contributed by atoms with Crippen molar-refractivity contribution in [1.29, 1.82) is 0 Å². The van der Waals surface area contributed by atoms with Crippen molar-refractivity contribution in [1.82, 2.24) is 14.5 Å². The van der Waals surface area contributed by atoms with E-state index in [2.05, 4.69) is 4.98 Å². The Morgan fingerprint density at radius 3 is 2.67 bits per heavy atom. The van der Waals surface area contributed by atoms with Crippen LogP contribution in [0.4, 0.5) is 8.78 Å². The van der Waals surface area contributed by atoms with Gasteiger partial charge < -0.3 is 4.90 Å². The fourth-order valence-electron chi connectivity index (χ4n) is 3.03. The van der Waals surface area contributed by atoms with Gasteiger partial charge in [0.15, 0.2) is 0 Å². The Labute approximate surface area is 162 Å². The van der Waals surface area contributed by atoms with Crippen molar-refractivity contribution in [3.05, 3.63) is 64.3 Å². The van der Waals surface area contributed by atoms with Gasteiger partial charge in [-0.05, 0) is 18.2 Å². The fourth-order valence-corrected chi connectivity index (χ4v) is 4.54. The van der Waals surface area contributed by atoms with Crippen LogP contribution in [0.2, 0.25) is 5.02 Å². The molecule has 0 aliphatic heterocycles. The molecule has 4 rings (SSSR count). The third-order valence-corrected chi connectivity index (χ3v) is 5.98. The SMILES string of the molecule is CN(Cc1nc2ccccc2n1C(F)F)C(=O)c1sc2ccccc2c1Cl. The lowest BCUT2D eigenvalue weighted by molar-refractivity contribution is 0.0648. The minimum absolute atomic E-state index is 0.0531. The molecule has 27 heavy (non-hydrogen) atoms. The first-order valence-corrected chi connectivity index (χ1v) is 9.33. The van der Waals surface area contributed by atoms with Crippen molar-refractivity contribution in [2.75, 3.05) is 7.05 Å². The maximum Gasteiger partial charge on any atom is 0.320 e. The Morgan fingerprint density at radius 2 is 1.93 bits per heavy atom. The molecule has 0 radical (unpaired) electrons. The Kier molecular flexibility index (Phi) is 4.57. The number of hydrogen-bond acceptors (Lipinski definition) is 3. The van der Waals surface area contributed by atoms with Gasteiger partial charge in [-0.3, -0.25) is 9.36 Å². The number of carbonyl (C=O) groups excluding carboxylic acids is 1. The third kappa shape index (κ3) is 3.07. The third-order valence-electron chi connectivity index (χ3n) is 4.32. The van der Waals surface area contributed by atoms with Crippen molar-refractivity contribution < 1.29 is 13.6 Å². The molecule has 0 N–H and O–H groups in total. The number of carbonyl (C=O) groups is 1. The Bertz CT molecular complexity index is 1150. The number of benzene rings is 2. The predicted octanol–water partition coefficient (Wildman–Crippen LogP) is 5.57. The number of aromatic nitrogens is 2. The van der Waals surface area contributed by atoms with Crippen LogP contribution < -0.4 is 0 Å². The second-order valence-electron chi connectivity index (χ2n) is 6.07. The van der Waals surface area contributed by atoms with Crippen molar-refractivity contribution in [2.24, 2.45) is 0 Å². The molecule has 0 spiro atoms. The van der Waals surface area contributed by atoms with Crippen LogP contribution in [-0.2, 0) is 6.54 Å². The van der Waals surface area contributed by atoms with E-state index >= 15 is 0 Å². The quantitative estimate of drug-likeness (QED) is 0.445. The van der Waals surface area contributed by atoms with E-state index in [9.17, 15) is 13.6 Å². The predicted molar refractivity (Wildman–Crippen MR) is 104 cm³/mol.